The fourth-order valence-electron chi connectivity index (χ4n) is 3.45. The molecule has 22 heavy (non-hydrogen) atoms. The standard InChI is InChI=1S/C19H17NOS/c1-11-9-13(10-12-5-2-3-6-14(11)12)18(21)17-15-7-4-8-16(15)22-19(17)20/h2-3,5-6,9-10H,4,7-8,20H2,1H3. The maximum absolute atomic E-state index is 13.0. The summed E-state index contributed by atoms with van der Waals surface area (Å²) in [6, 6.07) is 12.2. The smallest absolute Gasteiger partial charge is 0.196 e. The van der Waals surface area contributed by atoms with Crippen LogP contribution in [0.2, 0.25) is 0 Å². The van der Waals surface area contributed by atoms with E-state index in [-0.39, 0.29) is 5.78 Å². The number of nitrogen functional groups attached to an aromatic ring is 1. The molecule has 1 heterocycles. The molecular formula is C19H17NOS. The van der Waals surface area contributed by atoms with Gasteiger partial charge in [-0.05, 0) is 60.2 Å². The van der Waals surface area contributed by atoms with Crippen molar-refractivity contribution >= 4 is 32.9 Å². The van der Waals surface area contributed by atoms with Crippen LogP contribution in [0, 0.1) is 6.92 Å². The Bertz CT molecular complexity index is 907. The monoisotopic (exact) mass is 307 g/mol. The van der Waals surface area contributed by atoms with E-state index in [0.717, 1.165) is 41.3 Å². The summed E-state index contributed by atoms with van der Waals surface area (Å²) >= 11 is 1.59. The Morgan fingerprint density at radius 2 is 2.00 bits per heavy atom. The van der Waals surface area contributed by atoms with Gasteiger partial charge >= 0.3 is 0 Å². The number of rotatable bonds is 2. The van der Waals surface area contributed by atoms with E-state index >= 15 is 0 Å². The number of carbonyl (C=O) groups is 1. The molecule has 0 fully saturated rings. The highest BCUT2D eigenvalue weighted by atomic mass is 32.1. The molecule has 1 aromatic heterocycles. The van der Waals surface area contributed by atoms with E-state index in [2.05, 4.69) is 19.1 Å². The average Bonchev–Trinajstić information content (AvgIpc) is 3.06. The normalized spacial score (nSPS) is 13.5. The molecule has 2 aromatic carbocycles. The van der Waals surface area contributed by atoms with E-state index in [1.54, 1.807) is 11.3 Å². The van der Waals surface area contributed by atoms with Crippen molar-refractivity contribution in [2.75, 3.05) is 5.73 Å². The minimum atomic E-state index is 0.0748. The molecule has 0 radical (unpaired) electrons. The Labute approximate surface area is 133 Å². The molecule has 0 aliphatic heterocycles. The van der Waals surface area contributed by atoms with Crippen LogP contribution in [0.25, 0.3) is 10.8 Å². The Balaban J connectivity index is 1.87. The van der Waals surface area contributed by atoms with Crippen LogP contribution in [-0.2, 0) is 12.8 Å². The van der Waals surface area contributed by atoms with Gasteiger partial charge in [-0.15, -0.1) is 11.3 Å². The van der Waals surface area contributed by atoms with Gasteiger partial charge in [0.15, 0.2) is 5.78 Å². The molecule has 3 heteroatoms. The first-order valence-electron chi connectivity index (χ1n) is 7.59. The summed E-state index contributed by atoms with van der Waals surface area (Å²) < 4.78 is 0. The van der Waals surface area contributed by atoms with Gasteiger partial charge < -0.3 is 5.73 Å². The zero-order valence-electron chi connectivity index (χ0n) is 12.5. The minimum absolute atomic E-state index is 0.0748. The van der Waals surface area contributed by atoms with Crippen LogP contribution in [0.5, 0.6) is 0 Å². The Morgan fingerprint density at radius 3 is 2.86 bits per heavy atom. The quantitative estimate of drug-likeness (QED) is 0.708. The third-order valence-corrected chi connectivity index (χ3v) is 5.63. The fourth-order valence-corrected chi connectivity index (χ4v) is 4.61. The minimum Gasteiger partial charge on any atom is -0.390 e. The summed E-state index contributed by atoms with van der Waals surface area (Å²) in [4.78, 5) is 14.3. The molecular weight excluding hydrogens is 290 g/mol. The van der Waals surface area contributed by atoms with Gasteiger partial charge in [-0.1, -0.05) is 24.3 Å². The molecule has 4 rings (SSSR count). The van der Waals surface area contributed by atoms with Crippen molar-refractivity contribution in [3.63, 3.8) is 0 Å². The predicted octanol–water partition coefficient (Wildman–Crippen LogP) is 4.51. The van der Waals surface area contributed by atoms with E-state index in [1.807, 2.05) is 24.3 Å². The Hall–Kier alpha value is -2.13. The third-order valence-electron chi connectivity index (χ3n) is 4.51. The van der Waals surface area contributed by atoms with Gasteiger partial charge in [0.25, 0.3) is 0 Å². The molecule has 0 bridgehead atoms. The molecule has 0 unspecified atom stereocenters. The second-order valence-electron chi connectivity index (χ2n) is 5.94. The lowest BCUT2D eigenvalue weighted by Crippen LogP contribution is -2.06. The van der Waals surface area contributed by atoms with Crippen molar-refractivity contribution in [2.24, 2.45) is 0 Å². The van der Waals surface area contributed by atoms with Crippen LogP contribution in [0.4, 0.5) is 5.00 Å². The first kappa shape index (κ1) is 13.5. The topological polar surface area (TPSA) is 43.1 Å². The maximum Gasteiger partial charge on any atom is 0.196 e. The van der Waals surface area contributed by atoms with Gasteiger partial charge in [-0.25, -0.2) is 0 Å². The summed E-state index contributed by atoms with van der Waals surface area (Å²) in [6.07, 6.45) is 3.18. The van der Waals surface area contributed by atoms with Crippen LogP contribution < -0.4 is 5.73 Å². The van der Waals surface area contributed by atoms with Gasteiger partial charge in [-0.2, -0.15) is 0 Å². The zero-order valence-corrected chi connectivity index (χ0v) is 13.3. The molecule has 0 saturated heterocycles. The van der Waals surface area contributed by atoms with Crippen LogP contribution in [-0.4, -0.2) is 5.78 Å². The van der Waals surface area contributed by atoms with E-state index in [0.29, 0.717) is 5.00 Å². The average molecular weight is 307 g/mol. The molecule has 0 saturated carbocycles. The zero-order chi connectivity index (χ0) is 15.3. The van der Waals surface area contributed by atoms with E-state index in [9.17, 15) is 4.79 Å². The van der Waals surface area contributed by atoms with E-state index in [4.69, 9.17) is 5.73 Å². The predicted molar refractivity (Wildman–Crippen MR) is 92.9 cm³/mol. The summed E-state index contributed by atoms with van der Waals surface area (Å²) in [5.41, 5.74) is 9.96. The first-order chi connectivity index (χ1) is 10.6. The van der Waals surface area contributed by atoms with Crippen molar-refractivity contribution in [2.45, 2.75) is 26.2 Å². The van der Waals surface area contributed by atoms with Crippen molar-refractivity contribution in [1.29, 1.82) is 0 Å². The molecule has 0 atom stereocenters. The molecule has 110 valence electrons. The van der Waals surface area contributed by atoms with Crippen LogP contribution in [0.3, 0.4) is 0 Å². The van der Waals surface area contributed by atoms with E-state index < -0.39 is 0 Å². The summed E-state index contributed by atoms with van der Waals surface area (Å²) in [5, 5.41) is 2.99. The molecule has 0 spiro atoms. The second-order valence-corrected chi connectivity index (χ2v) is 7.08. The van der Waals surface area contributed by atoms with E-state index in [1.165, 1.54) is 15.8 Å². The maximum atomic E-state index is 13.0. The molecule has 0 amide bonds. The second kappa shape index (κ2) is 4.96. The van der Waals surface area contributed by atoms with Gasteiger partial charge in [0, 0.05) is 10.4 Å². The molecule has 2 N–H and O–H groups in total. The number of thiophene rings is 1. The number of benzene rings is 2. The number of hydrogen-bond donors (Lipinski definition) is 1. The van der Waals surface area contributed by atoms with Gasteiger partial charge in [0.05, 0.1) is 10.6 Å². The highest BCUT2D eigenvalue weighted by Crippen LogP contribution is 2.38. The van der Waals surface area contributed by atoms with Crippen LogP contribution in [0.15, 0.2) is 36.4 Å². The summed E-state index contributed by atoms with van der Waals surface area (Å²) in [7, 11) is 0. The summed E-state index contributed by atoms with van der Waals surface area (Å²) in [5.74, 6) is 0.0748. The number of ketones is 1. The molecule has 3 aromatic rings. The van der Waals surface area contributed by atoms with Crippen LogP contribution in [0.1, 0.15) is 38.3 Å². The number of anilines is 1. The Kier molecular flexibility index (Phi) is 3.05. The lowest BCUT2D eigenvalue weighted by Gasteiger charge is -2.08. The Morgan fingerprint density at radius 1 is 1.18 bits per heavy atom. The highest BCUT2D eigenvalue weighted by Gasteiger charge is 2.26. The molecule has 2 nitrogen and oxygen atoms in total. The number of nitrogens with two attached hydrogens (primary N) is 1. The number of carbonyl (C=O) groups excluding carboxylic acids is 1. The van der Waals surface area contributed by atoms with Gasteiger partial charge in [-0.3, -0.25) is 4.79 Å². The fraction of sp³-hybridized carbons (Fsp3) is 0.211. The van der Waals surface area contributed by atoms with Crippen molar-refractivity contribution in [3.05, 3.63) is 63.5 Å². The van der Waals surface area contributed by atoms with Crippen molar-refractivity contribution < 1.29 is 4.79 Å². The van der Waals surface area contributed by atoms with Gasteiger partial charge in [0.2, 0.25) is 0 Å². The molecule has 1 aliphatic rings. The number of hydrogen-bond acceptors (Lipinski definition) is 3. The largest absolute Gasteiger partial charge is 0.390 e. The lowest BCUT2D eigenvalue weighted by molar-refractivity contribution is 0.103. The number of fused-ring (bicyclic) bond motifs is 2. The van der Waals surface area contributed by atoms with Crippen molar-refractivity contribution in [1.82, 2.24) is 0 Å². The number of aryl methyl sites for hydroxylation is 2. The third kappa shape index (κ3) is 1.97. The van der Waals surface area contributed by atoms with Gasteiger partial charge in [0.1, 0.15) is 0 Å². The lowest BCUT2D eigenvalue weighted by atomic mass is 9.95. The summed E-state index contributed by atoms with van der Waals surface area (Å²) in [6.45, 7) is 2.06. The molecule has 1 aliphatic carbocycles. The highest BCUT2D eigenvalue weighted by molar-refractivity contribution is 7.16. The first-order valence-corrected chi connectivity index (χ1v) is 8.41. The van der Waals surface area contributed by atoms with Crippen molar-refractivity contribution in [3.8, 4) is 0 Å². The SMILES string of the molecule is Cc1cc(C(=O)c2c(N)sc3c2CCC3)cc2ccccc12. The van der Waals surface area contributed by atoms with Crippen LogP contribution >= 0.6 is 11.3 Å².